The Hall–Kier alpha value is -3.82. The van der Waals surface area contributed by atoms with E-state index in [2.05, 4.69) is 71.7 Å². The maximum Gasteiger partial charge on any atom is 0.124 e. The molecule has 4 N–H and O–H groups in total. The van der Waals surface area contributed by atoms with Crippen molar-refractivity contribution < 1.29 is 5.11 Å². The van der Waals surface area contributed by atoms with Crippen LogP contribution in [0.2, 0.25) is 0 Å². The summed E-state index contributed by atoms with van der Waals surface area (Å²) >= 11 is 0. The van der Waals surface area contributed by atoms with Crippen molar-refractivity contribution in [2.24, 2.45) is 5.73 Å². The summed E-state index contributed by atoms with van der Waals surface area (Å²) in [5.74, 6) is 0.362. The number of phenolic OH excluding ortho intramolecular Hbond substituents is 1. The molecule has 0 radical (unpaired) electrons. The zero-order valence-electron chi connectivity index (χ0n) is 18.4. The van der Waals surface area contributed by atoms with Crippen molar-refractivity contribution >= 4 is 43.4 Å². The fraction of sp³-hybridized carbons (Fsp3) is 0.133. The van der Waals surface area contributed by atoms with Gasteiger partial charge in [0.05, 0.1) is 0 Å². The average molecular weight is 431 g/mol. The molecule has 3 nitrogen and oxygen atoms in total. The zero-order valence-corrected chi connectivity index (χ0v) is 18.4. The molecule has 0 saturated carbocycles. The van der Waals surface area contributed by atoms with Gasteiger partial charge in [-0.05, 0) is 64.7 Å². The maximum atomic E-state index is 10.3. The maximum absolute atomic E-state index is 10.3. The molecule has 1 atom stereocenters. The first-order valence-electron chi connectivity index (χ1n) is 11.6. The van der Waals surface area contributed by atoms with Crippen LogP contribution < -0.4 is 5.73 Å². The van der Waals surface area contributed by atoms with Crippen LogP contribution >= 0.6 is 0 Å². The predicted octanol–water partition coefficient (Wildman–Crippen LogP) is 6.84. The second-order valence-corrected chi connectivity index (χ2v) is 8.96. The fourth-order valence-electron chi connectivity index (χ4n) is 5.24. The highest BCUT2D eigenvalue weighted by Gasteiger charge is 2.19. The summed E-state index contributed by atoms with van der Waals surface area (Å²) < 4.78 is 0. The van der Waals surface area contributed by atoms with Crippen molar-refractivity contribution in [2.45, 2.75) is 25.3 Å². The van der Waals surface area contributed by atoms with Crippen molar-refractivity contribution in [3.63, 3.8) is 0 Å². The third kappa shape index (κ3) is 3.42. The lowest BCUT2D eigenvalue weighted by molar-refractivity contribution is 0.482. The summed E-state index contributed by atoms with van der Waals surface area (Å²) in [4.78, 5) is 3.38. The number of nitrogens with one attached hydrogen (secondary N) is 1. The first-order valence-corrected chi connectivity index (χ1v) is 11.6. The second-order valence-electron chi connectivity index (χ2n) is 8.96. The van der Waals surface area contributed by atoms with Gasteiger partial charge in [0.15, 0.2) is 0 Å². The zero-order chi connectivity index (χ0) is 22.4. The fourth-order valence-corrected chi connectivity index (χ4v) is 5.24. The summed E-state index contributed by atoms with van der Waals surface area (Å²) in [6.45, 7) is 0. The first kappa shape index (κ1) is 19.8. The van der Waals surface area contributed by atoms with E-state index in [1.165, 1.54) is 38.3 Å². The van der Waals surface area contributed by atoms with Crippen molar-refractivity contribution in [1.29, 1.82) is 0 Å². The van der Waals surface area contributed by atoms with E-state index in [-0.39, 0.29) is 6.04 Å². The van der Waals surface area contributed by atoms with E-state index in [9.17, 15) is 5.11 Å². The largest absolute Gasteiger partial charge is 0.507 e. The van der Waals surface area contributed by atoms with Crippen LogP contribution in [-0.2, 0) is 12.8 Å². The third-order valence-corrected chi connectivity index (χ3v) is 6.89. The molecule has 1 heterocycles. The molecule has 33 heavy (non-hydrogen) atoms. The lowest BCUT2D eigenvalue weighted by Crippen LogP contribution is -2.27. The Morgan fingerprint density at radius 3 is 1.94 bits per heavy atom. The molecule has 162 valence electrons. The van der Waals surface area contributed by atoms with E-state index in [0.29, 0.717) is 5.75 Å². The minimum absolute atomic E-state index is 0.238. The Labute approximate surface area is 192 Å². The molecule has 1 aliphatic rings. The smallest absolute Gasteiger partial charge is 0.124 e. The molecule has 0 amide bonds. The Morgan fingerprint density at radius 1 is 0.667 bits per heavy atom. The number of para-hydroxylation sites is 2. The number of fused-ring (bicyclic) bond motifs is 8. The van der Waals surface area contributed by atoms with E-state index in [1.54, 1.807) is 0 Å². The molecule has 1 aromatic heterocycles. The summed E-state index contributed by atoms with van der Waals surface area (Å²) in [5, 5.41) is 17.3. The number of hydrogen-bond acceptors (Lipinski definition) is 2. The van der Waals surface area contributed by atoms with Crippen molar-refractivity contribution in [3.05, 3.63) is 102 Å². The number of aromatic nitrogens is 1. The summed E-state index contributed by atoms with van der Waals surface area (Å²) in [5.41, 5.74) is 11.3. The van der Waals surface area contributed by atoms with Gasteiger partial charge in [-0.1, -0.05) is 72.8 Å². The van der Waals surface area contributed by atoms with Gasteiger partial charge in [-0.25, -0.2) is 0 Å². The molecule has 0 aliphatic heterocycles. The van der Waals surface area contributed by atoms with Crippen LogP contribution in [0, 0.1) is 0 Å². The highest BCUT2D eigenvalue weighted by molar-refractivity contribution is 6.11. The molecule has 1 aliphatic carbocycles. The van der Waals surface area contributed by atoms with Crippen LogP contribution in [0.4, 0.5) is 0 Å². The number of rotatable bonds is 0. The first-order chi connectivity index (χ1) is 16.2. The standard InChI is InChI=1S/C18H17NO.C12H9N/c19-12-7-5-11-6-8-14-13-3-1-2-4-15(13)18(20)10-17(14)16(11)9-12;1-3-7-11-9(5-1)10-6-2-4-8-12(10)13-11/h1-4,6,8,10,12,20H,5,7,9,19H2;1-8,13H. The average Bonchev–Trinajstić information content (AvgIpc) is 3.23. The summed E-state index contributed by atoms with van der Waals surface area (Å²) in [6, 6.07) is 31.3. The number of aromatic amines is 1. The molecule has 1 unspecified atom stereocenters. The molecule has 7 rings (SSSR count). The van der Waals surface area contributed by atoms with E-state index in [1.807, 2.05) is 24.3 Å². The van der Waals surface area contributed by atoms with Crippen LogP contribution in [-0.4, -0.2) is 16.1 Å². The number of phenols is 1. The van der Waals surface area contributed by atoms with Gasteiger partial charge in [-0.2, -0.15) is 0 Å². The highest BCUT2D eigenvalue weighted by Crippen LogP contribution is 2.37. The van der Waals surface area contributed by atoms with Crippen molar-refractivity contribution in [2.75, 3.05) is 0 Å². The van der Waals surface area contributed by atoms with Crippen LogP contribution in [0.5, 0.6) is 5.75 Å². The lowest BCUT2D eigenvalue weighted by atomic mass is 9.84. The number of aromatic hydroxyl groups is 1. The quantitative estimate of drug-likeness (QED) is 0.231. The number of aryl methyl sites for hydroxylation is 1. The minimum Gasteiger partial charge on any atom is -0.507 e. The van der Waals surface area contributed by atoms with Gasteiger partial charge in [0.25, 0.3) is 0 Å². The number of benzene rings is 5. The van der Waals surface area contributed by atoms with Gasteiger partial charge in [0.2, 0.25) is 0 Å². The van der Waals surface area contributed by atoms with Crippen molar-refractivity contribution in [3.8, 4) is 5.75 Å². The van der Waals surface area contributed by atoms with Gasteiger partial charge in [0.1, 0.15) is 5.75 Å². The molecule has 0 spiro atoms. The lowest BCUT2D eigenvalue weighted by Gasteiger charge is -2.23. The third-order valence-electron chi connectivity index (χ3n) is 6.89. The normalized spacial score (nSPS) is 15.5. The molecular weight excluding hydrogens is 404 g/mol. The van der Waals surface area contributed by atoms with Gasteiger partial charge in [0, 0.05) is 33.2 Å². The van der Waals surface area contributed by atoms with Gasteiger partial charge in [-0.3, -0.25) is 0 Å². The predicted molar refractivity (Wildman–Crippen MR) is 139 cm³/mol. The second kappa shape index (κ2) is 7.95. The number of nitrogens with two attached hydrogens (primary N) is 1. The Morgan fingerprint density at radius 2 is 1.24 bits per heavy atom. The van der Waals surface area contributed by atoms with E-state index < -0.39 is 0 Å². The Kier molecular flexibility index (Phi) is 4.78. The van der Waals surface area contributed by atoms with Crippen molar-refractivity contribution in [1.82, 2.24) is 4.98 Å². The van der Waals surface area contributed by atoms with Crippen LogP contribution in [0.3, 0.4) is 0 Å². The monoisotopic (exact) mass is 430 g/mol. The molecule has 0 saturated heterocycles. The summed E-state index contributed by atoms with van der Waals surface area (Å²) in [7, 11) is 0. The molecule has 6 aromatic rings. The minimum atomic E-state index is 0.238. The van der Waals surface area contributed by atoms with Gasteiger partial charge < -0.3 is 15.8 Å². The number of H-pyrrole nitrogens is 1. The van der Waals surface area contributed by atoms with Crippen LogP contribution in [0.15, 0.2) is 91.0 Å². The Bertz CT molecular complexity index is 1580. The molecule has 0 fully saturated rings. The highest BCUT2D eigenvalue weighted by atomic mass is 16.3. The number of hydrogen-bond donors (Lipinski definition) is 3. The SMILES string of the molecule is NC1CCc2ccc3c(cc(O)c4ccccc43)c2C1.c1ccc2c(c1)[nH]c1ccccc12. The summed E-state index contributed by atoms with van der Waals surface area (Å²) in [6.07, 6.45) is 3.00. The molecular formula is C30H26N2O. The van der Waals surface area contributed by atoms with Gasteiger partial charge in [-0.15, -0.1) is 0 Å². The van der Waals surface area contributed by atoms with E-state index in [0.717, 1.165) is 35.4 Å². The van der Waals surface area contributed by atoms with E-state index >= 15 is 0 Å². The van der Waals surface area contributed by atoms with Crippen LogP contribution in [0.1, 0.15) is 17.5 Å². The topological polar surface area (TPSA) is 62.0 Å². The molecule has 5 aromatic carbocycles. The van der Waals surface area contributed by atoms with E-state index in [4.69, 9.17) is 5.73 Å². The Balaban J connectivity index is 0.000000137. The van der Waals surface area contributed by atoms with Crippen LogP contribution in [0.25, 0.3) is 43.4 Å². The molecule has 0 bridgehead atoms. The van der Waals surface area contributed by atoms with Gasteiger partial charge >= 0.3 is 0 Å². The molecule has 3 heteroatoms.